The van der Waals surface area contributed by atoms with Crippen molar-refractivity contribution in [1.82, 2.24) is 10.2 Å². The molecule has 0 atom stereocenters. The molecule has 0 saturated carbocycles. The van der Waals surface area contributed by atoms with Crippen LogP contribution in [0, 0.1) is 6.92 Å². The normalized spacial score (nSPS) is 15.0. The third kappa shape index (κ3) is 5.97. The highest BCUT2D eigenvalue weighted by Gasteiger charge is 2.11. The van der Waals surface area contributed by atoms with Gasteiger partial charge in [0.1, 0.15) is 0 Å². The van der Waals surface area contributed by atoms with Crippen molar-refractivity contribution in [3.05, 3.63) is 70.8 Å². The van der Waals surface area contributed by atoms with Gasteiger partial charge >= 0.3 is 0 Å². The molecule has 1 N–H and O–H groups in total. The molecule has 1 aliphatic heterocycles. The lowest BCUT2D eigenvalue weighted by molar-refractivity contribution is -0.121. The van der Waals surface area contributed by atoms with Gasteiger partial charge < -0.3 is 10.1 Å². The summed E-state index contributed by atoms with van der Waals surface area (Å²) in [4.78, 5) is 14.5. The third-order valence-electron chi connectivity index (χ3n) is 4.75. The first-order valence-electron chi connectivity index (χ1n) is 9.39. The summed E-state index contributed by atoms with van der Waals surface area (Å²) >= 11 is 0. The number of nitrogens with zero attached hydrogens (tertiary/aromatic N) is 1. The minimum atomic E-state index is 0.101. The van der Waals surface area contributed by atoms with Crippen LogP contribution in [-0.4, -0.2) is 37.1 Å². The summed E-state index contributed by atoms with van der Waals surface area (Å²) in [6.45, 7) is 7.21. The molecule has 2 aromatic carbocycles. The minimum absolute atomic E-state index is 0.101. The van der Waals surface area contributed by atoms with E-state index in [0.29, 0.717) is 13.0 Å². The van der Waals surface area contributed by atoms with Crippen LogP contribution >= 0.6 is 0 Å². The summed E-state index contributed by atoms with van der Waals surface area (Å²) < 4.78 is 5.40. The van der Waals surface area contributed by atoms with Crippen molar-refractivity contribution in [2.24, 2.45) is 0 Å². The number of carbonyl (C=O) groups excluding carboxylic acids is 1. The van der Waals surface area contributed by atoms with Crippen molar-refractivity contribution in [1.29, 1.82) is 0 Å². The summed E-state index contributed by atoms with van der Waals surface area (Å²) in [5.74, 6) is 0.101. The highest BCUT2D eigenvalue weighted by Crippen LogP contribution is 2.10. The topological polar surface area (TPSA) is 41.6 Å². The zero-order valence-electron chi connectivity index (χ0n) is 15.5. The fraction of sp³-hybridized carbons (Fsp3) is 0.409. The molecule has 1 saturated heterocycles. The van der Waals surface area contributed by atoms with Gasteiger partial charge in [-0.25, -0.2) is 0 Å². The maximum Gasteiger partial charge on any atom is 0.220 e. The predicted molar refractivity (Wildman–Crippen MR) is 104 cm³/mol. The van der Waals surface area contributed by atoms with Gasteiger partial charge in [0.05, 0.1) is 13.2 Å². The number of hydrogen-bond donors (Lipinski definition) is 1. The minimum Gasteiger partial charge on any atom is -0.379 e. The Morgan fingerprint density at radius 2 is 1.77 bits per heavy atom. The molecular weight excluding hydrogens is 324 g/mol. The van der Waals surface area contributed by atoms with Crippen LogP contribution in [0.4, 0.5) is 0 Å². The van der Waals surface area contributed by atoms with Gasteiger partial charge in [0.15, 0.2) is 0 Å². The second-order valence-corrected chi connectivity index (χ2v) is 6.97. The highest BCUT2D eigenvalue weighted by molar-refractivity contribution is 5.76. The fourth-order valence-electron chi connectivity index (χ4n) is 3.16. The van der Waals surface area contributed by atoms with Gasteiger partial charge in [-0.05, 0) is 30.0 Å². The molecule has 2 aromatic rings. The predicted octanol–water partition coefficient (Wildman–Crippen LogP) is 3.08. The largest absolute Gasteiger partial charge is 0.379 e. The van der Waals surface area contributed by atoms with E-state index in [2.05, 4.69) is 65.7 Å². The second kappa shape index (κ2) is 9.51. The number of rotatable bonds is 7. The molecule has 26 heavy (non-hydrogen) atoms. The quantitative estimate of drug-likeness (QED) is 0.833. The van der Waals surface area contributed by atoms with Gasteiger partial charge in [-0.2, -0.15) is 0 Å². The van der Waals surface area contributed by atoms with Crippen molar-refractivity contribution >= 4 is 5.91 Å². The molecule has 0 spiro atoms. The molecule has 1 amide bonds. The Morgan fingerprint density at radius 1 is 1.04 bits per heavy atom. The third-order valence-corrected chi connectivity index (χ3v) is 4.75. The molecule has 3 rings (SSSR count). The smallest absolute Gasteiger partial charge is 0.220 e. The van der Waals surface area contributed by atoms with E-state index in [1.165, 1.54) is 16.7 Å². The van der Waals surface area contributed by atoms with Gasteiger partial charge in [-0.3, -0.25) is 9.69 Å². The van der Waals surface area contributed by atoms with E-state index in [0.717, 1.165) is 44.8 Å². The van der Waals surface area contributed by atoms with Crippen LogP contribution in [-0.2, 0) is 29.0 Å². The van der Waals surface area contributed by atoms with Gasteiger partial charge in [-0.15, -0.1) is 0 Å². The van der Waals surface area contributed by atoms with Crippen LogP contribution in [0.25, 0.3) is 0 Å². The average molecular weight is 352 g/mol. The summed E-state index contributed by atoms with van der Waals surface area (Å²) in [5.41, 5.74) is 4.89. The SMILES string of the molecule is Cc1ccc(CCC(=O)NCc2cccc(CN3CCOCC3)c2)cc1. The number of carbonyl (C=O) groups is 1. The summed E-state index contributed by atoms with van der Waals surface area (Å²) in [5, 5.41) is 3.04. The van der Waals surface area contributed by atoms with Crippen molar-refractivity contribution in [2.75, 3.05) is 26.3 Å². The number of morpholine rings is 1. The number of hydrogen-bond acceptors (Lipinski definition) is 3. The Hall–Kier alpha value is -2.17. The Morgan fingerprint density at radius 3 is 2.54 bits per heavy atom. The van der Waals surface area contributed by atoms with Gasteiger partial charge in [0.2, 0.25) is 5.91 Å². The molecule has 4 nitrogen and oxygen atoms in total. The molecule has 0 bridgehead atoms. The first kappa shape index (κ1) is 18.6. The number of aryl methyl sites for hydroxylation is 2. The van der Waals surface area contributed by atoms with E-state index in [1.807, 2.05) is 0 Å². The number of ether oxygens (including phenoxy) is 1. The maximum absolute atomic E-state index is 12.1. The lowest BCUT2D eigenvalue weighted by atomic mass is 10.1. The molecule has 1 heterocycles. The molecule has 1 fully saturated rings. The van der Waals surface area contributed by atoms with Crippen LogP contribution in [0.2, 0.25) is 0 Å². The monoisotopic (exact) mass is 352 g/mol. The van der Waals surface area contributed by atoms with Gasteiger partial charge in [0.25, 0.3) is 0 Å². The van der Waals surface area contributed by atoms with Crippen LogP contribution in [0.1, 0.15) is 28.7 Å². The lowest BCUT2D eigenvalue weighted by Gasteiger charge is -2.26. The molecule has 0 unspecified atom stereocenters. The Bertz CT molecular complexity index is 706. The number of benzene rings is 2. The lowest BCUT2D eigenvalue weighted by Crippen LogP contribution is -2.35. The summed E-state index contributed by atoms with van der Waals surface area (Å²) in [7, 11) is 0. The molecule has 4 heteroatoms. The molecule has 0 radical (unpaired) electrons. The van der Waals surface area contributed by atoms with E-state index in [9.17, 15) is 4.79 Å². The van der Waals surface area contributed by atoms with E-state index < -0.39 is 0 Å². The van der Waals surface area contributed by atoms with Crippen molar-refractivity contribution < 1.29 is 9.53 Å². The van der Waals surface area contributed by atoms with E-state index in [-0.39, 0.29) is 5.91 Å². The number of nitrogens with one attached hydrogen (secondary N) is 1. The molecule has 0 aliphatic carbocycles. The zero-order valence-corrected chi connectivity index (χ0v) is 15.5. The van der Waals surface area contributed by atoms with E-state index >= 15 is 0 Å². The standard InChI is InChI=1S/C22H28N2O2/c1-18-5-7-19(8-6-18)9-10-22(25)23-16-20-3-2-4-21(15-20)17-24-11-13-26-14-12-24/h2-8,15H,9-14,16-17H2,1H3,(H,23,25). The Balaban J connectivity index is 1.44. The van der Waals surface area contributed by atoms with E-state index in [1.54, 1.807) is 0 Å². The molecular formula is C22H28N2O2. The fourth-order valence-corrected chi connectivity index (χ4v) is 3.16. The van der Waals surface area contributed by atoms with Crippen molar-refractivity contribution in [3.63, 3.8) is 0 Å². The maximum atomic E-state index is 12.1. The van der Waals surface area contributed by atoms with Crippen molar-refractivity contribution in [3.8, 4) is 0 Å². The van der Waals surface area contributed by atoms with Crippen LogP contribution in [0.5, 0.6) is 0 Å². The molecule has 1 aliphatic rings. The van der Waals surface area contributed by atoms with Gasteiger partial charge in [-0.1, -0.05) is 54.1 Å². The van der Waals surface area contributed by atoms with Crippen LogP contribution in [0.15, 0.2) is 48.5 Å². The second-order valence-electron chi connectivity index (χ2n) is 6.97. The van der Waals surface area contributed by atoms with E-state index in [4.69, 9.17) is 4.74 Å². The zero-order chi connectivity index (χ0) is 18.2. The summed E-state index contributed by atoms with van der Waals surface area (Å²) in [6.07, 6.45) is 1.31. The first-order valence-corrected chi connectivity index (χ1v) is 9.39. The number of amides is 1. The first-order chi connectivity index (χ1) is 12.7. The summed E-state index contributed by atoms with van der Waals surface area (Å²) in [6, 6.07) is 16.9. The molecule has 0 aromatic heterocycles. The van der Waals surface area contributed by atoms with Crippen LogP contribution < -0.4 is 5.32 Å². The van der Waals surface area contributed by atoms with Crippen molar-refractivity contribution in [2.45, 2.75) is 32.9 Å². The molecule has 138 valence electrons. The average Bonchev–Trinajstić information content (AvgIpc) is 2.67. The Labute approximate surface area is 156 Å². The highest BCUT2D eigenvalue weighted by atomic mass is 16.5. The van der Waals surface area contributed by atoms with Crippen LogP contribution in [0.3, 0.4) is 0 Å². The van der Waals surface area contributed by atoms with Gasteiger partial charge in [0, 0.05) is 32.6 Å². The Kier molecular flexibility index (Phi) is 6.81.